The average Bonchev–Trinajstić information content (AvgIpc) is 2.81. The van der Waals surface area contributed by atoms with Crippen LogP contribution in [0.25, 0.3) is 21.8 Å². The van der Waals surface area contributed by atoms with Gasteiger partial charge in [-0.15, -0.1) is 0 Å². The molecule has 10 heteroatoms. The molecular formula is C23H15BrN6O3. The average molecular weight is 503 g/mol. The third-order valence-electron chi connectivity index (χ3n) is 4.97. The number of para-hydroxylation sites is 1. The molecule has 0 unspecified atom stereocenters. The summed E-state index contributed by atoms with van der Waals surface area (Å²) in [6.07, 6.45) is 2.83. The van der Waals surface area contributed by atoms with Crippen molar-refractivity contribution in [2.45, 2.75) is 6.92 Å². The van der Waals surface area contributed by atoms with E-state index in [2.05, 4.69) is 41.2 Å². The molecule has 0 saturated heterocycles. The first kappa shape index (κ1) is 20.7. The Hall–Kier alpha value is -4.18. The normalized spacial score (nSPS) is 11.0. The predicted octanol–water partition coefficient (Wildman–Crippen LogP) is 6.09. The lowest BCUT2D eigenvalue weighted by Crippen LogP contribution is -2.04. The highest BCUT2D eigenvalue weighted by atomic mass is 79.9. The number of halogens is 1. The van der Waals surface area contributed by atoms with Crippen molar-refractivity contribution in [3.8, 4) is 11.6 Å². The lowest BCUT2D eigenvalue weighted by Gasteiger charge is -2.12. The van der Waals surface area contributed by atoms with Gasteiger partial charge in [0, 0.05) is 27.1 Å². The third-order valence-corrected chi connectivity index (χ3v) is 5.66. The van der Waals surface area contributed by atoms with Crippen LogP contribution in [0.4, 0.5) is 17.2 Å². The van der Waals surface area contributed by atoms with Crippen molar-refractivity contribution < 1.29 is 9.66 Å². The highest BCUT2D eigenvalue weighted by Crippen LogP contribution is 2.39. The van der Waals surface area contributed by atoms with Gasteiger partial charge in [0.15, 0.2) is 5.75 Å². The molecule has 0 fully saturated rings. The molecule has 162 valence electrons. The van der Waals surface area contributed by atoms with Gasteiger partial charge in [-0.2, -0.15) is 4.98 Å². The number of benzene rings is 2. The van der Waals surface area contributed by atoms with Crippen molar-refractivity contribution in [3.63, 3.8) is 0 Å². The van der Waals surface area contributed by atoms with E-state index < -0.39 is 10.6 Å². The van der Waals surface area contributed by atoms with Crippen LogP contribution in [0, 0.1) is 17.0 Å². The van der Waals surface area contributed by atoms with E-state index in [9.17, 15) is 10.1 Å². The maximum Gasteiger partial charge on any atom is 0.373 e. The molecule has 0 spiro atoms. The Morgan fingerprint density at radius 1 is 1.00 bits per heavy atom. The van der Waals surface area contributed by atoms with Crippen molar-refractivity contribution in [1.82, 2.24) is 19.9 Å². The molecule has 5 rings (SSSR count). The number of anilines is 2. The van der Waals surface area contributed by atoms with Gasteiger partial charge >= 0.3 is 11.6 Å². The van der Waals surface area contributed by atoms with Gasteiger partial charge in [0.05, 0.1) is 16.1 Å². The summed E-state index contributed by atoms with van der Waals surface area (Å²) in [7, 11) is 0. The standard InChI is InChI=1S/C23H15BrN6O3/c1-13-7-8-14-4-2-6-17(19(14)28-13)29-22-21(30(31)32)23(27-12-26-22)33-18-10-9-16(24)15-5-3-11-25-20(15)18/h2-12H,1H3,(H,26,27,29). The summed E-state index contributed by atoms with van der Waals surface area (Å²) in [5.74, 6) is 0.135. The second kappa shape index (κ2) is 8.40. The molecule has 1 N–H and O–H groups in total. The first-order chi connectivity index (χ1) is 16.0. The molecule has 0 radical (unpaired) electrons. The molecule has 2 aromatic carbocycles. The number of fused-ring (bicyclic) bond motifs is 2. The van der Waals surface area contributed by atoms with Crippen LogP contribution in [0.5, 0.6) is 11.6 Å². The minimum Gasteiger partial charge on any atom is -0.431 e. The smallest absolute Gasteiger partial charge is 0.373 e. The van der Waals surface area contributed by atoms with E-state index in [1.165, 1.54) is 6.33 Å². The van der Waals surface area contributed by atoms with Crippen molar-refractivity contribution in [2.75, 3.05) is 5.32 Å². The molecule has 0 bridgehead atoms. The molecule has 33 heavy (non-hydrogen) atoms. The SMILES string of the molecule is Cc1ccc2cccc(Nc3ncnc(Oc4ccc(Br)c5cccnc45)c3[N+](=O)[O-])c2n1. The Kier molecular flexibility index (Phi) is 5.27. The Labute approximate surface area is 195 Å². The van der Waals surface area contributed by atoms with Crippen LogP contribution < -0.4 is 10.1 Å². The van der Waals surface area contributed by atoms with Crippen LogP contribution in [0.3, 0.4) is 0 Å². The Morgan fingerprint density at radius 2 is 1.88 bits per heavy atom. The van der Waals surface area contributed by atoms with Gasteiger partial charge < -0.3 is 10.1 Å². The summed E-state index contributed by atoms with van der Waals surface area (Å²) in [6, 6.07) is 16.5. The van der Waals surface area contributed by atoms with Gasteiger partial charge in [-0.1, -0.05) is 40.2 Å². The molecule has 5 aromatic rings. The van der Waals surface area contributed by atoms with Crippen LogP contribution >= 0.6 is 15.9 Å². The van der Waals surface area contributed by atoms with Crippen molar-refractivity contribution in [1.29, 1.82) is 0 Å². The molecule has 0 atom stereocenters. The quantitative estimate of drug-likeness (QED) is 0.226. The number of pyridine rings is 2. The van der Waals surface area contributed by atoms with Crippen molar-refractivity contribution >= 4 is 54.9 Å². The molecule has 3 heterocycles. The van der Waals surface area contributed by atoms with Gasteiger partial charge in [0.25, 0.3) is 0 Å². The first-order valence-corrected chi connectivity index (χ1v) is 10.6. The zero-order valence-electron chi connectivity index (χ0n) is 17.2. The monoisotopic (exact) mass is 502 g/mol. The third kappa shape index (κ3) is 3.92. The Balaban J connectivity index is 1.60. The molecule has 0 aliphatic heterocycles. The van der Waals surface area contributed by atoms with E-state index in [0.29, 0.717) is 22.5 Å². The number of ether oxygens (including phenoxy) is 1. The minimum atomic E-state index is -0.573. The van der Waals surface area contributed by atoms with E-state index in [1.807, 2.05) is 37.3 Å². The van der Waals surface area contributed by atoms with Crippen LogP contribution in [0.1, 0.15) is 5.69 Å². The molecule has 0 amide bonds. The topological polar surface area (TPSA) is 116 Å². The summed E-state index contributed by atoms with van der Waals surface area (Å²) in [4.78, 5) is 28.5. The fraction of sp³-hybridized carbons (Fsp3) is 0.0435. The zero-order chi connectivity index (χ0) is 22.9. The summed E-state index contributed by atoms with van der Waals surface area (Å²) in [6.45, 7) is 1.88. The number of rotatable bonds is 5. The van der Waals surface area contributed by atoms with Gasteiger partial charge in [-0.25, -0.2) is 4.98 Å². The number of nitrogens with one attached hydrogen (secondary N) is 1. The maximum atomic E-state index is 12.0. The van der Waals surface area contributed by atoms with Crippen LogP contribution in [-0.2, 0) is 0 Å². The molecule has 0 saturated carbocycles. The van der Waals surface area contributed by atoms with Crippen molar-refractivity contribution in [2.24, 2.45) is 0 Å². The minimum absolute atomic E-state index is 0.00446. The molecule has 0 aliphatic carbocycles. The maximum absolute atomic E-state index is 12.0. The van der Waals surface area contributed by atoms with Gasteiger partial charge in [-0.05, 0) is 37.3 Å². The number of nitro groups is 1. The summed E-state index contributed by atoms with van der Waals surface area (Å²) in [5.41, 5.74) is 2.24. The number of hydrogen-bond acceptors (Lipinski definition) is 8. The highest BCUT2D eigenvalue weighted by molar-refractivity contribution is 9.10. The van der Waals surface area contributed by atoms with Gasteiger partial charge in [0.1, 0.15) is 11.8 Å². The number of nitrogens with zero attached hydrogens (tertiary/aromatic N) is 5. The largest absolute Gasteiger partial charge is 0.431 e. The number of aryl methyl sites for hydroxylation is 1. The van der Waals surface area contributed by atoms with E-state index in [0.717, 1.165) is 20.9 Å². The fourth-order valence-electron chi connectivity index (χ4n) is 3.46. The van der Waals surface area contributed by atoms with E-state index in [-0.39, 0.29) is 11.7 Å². The molecule has 9 nitrogen and oxygen atoms in total. The lowest BCUT2D eigenvalue weighted by molar-refractivity contribution is -0.385. The summed E-state index contributed by atoms with van der Waals surface area (Å²) in [5, 5.41) is 16.8. The Bertz CT molecular complexity index is 1520. The number of aromatic nitrogens is 4. The Morgan fingerprint density at radius 3 is 2.73 bits per heavy atom. The lowest BCUT2D eigenvalue weighted by atomic mass is 10.1. The van der Waals surface area contributed by atoms with Crippen molar-refractivity contribution in [3.05, 3.63) is 87.4 Å². The van der Waals surface area contributed by atoms with E-state index in [4.69, 9.17) is 4.74 Å². The summed E-state index contributed by atoms with van der Waals surface area (Å²) < 4.78 is 6.72. The van der Waals surface area contributed by atoms with Gasteiger partial charge in [0.2, 0.25) is 5.82 Å². The van der Waals surface area contributed by atoms with E-state index in [1.54, 1.807) is 30.5 Å². The predicted molar refractivity (Wildman–Crippen MR) is 128 cm³/mol. The second-order valence-corrected chi connectivity index (χ2v) is 7.99. The summed E-state index contributed by atoms with van der Waals surface area (Å²) >= 11 is 3.48. The van der Waals surface area contributed by atoms with Crippen LogP contribution in [0.2, 0.25) is 0 Å². The zero-order valence-corrected chi connectivity index (χ0v) is 18.8. The number of hydrogen-bond donors (Lipinski definition) is 1. The second-order valence-electron chi connectivity index (χ2n) is 7.14. The van der Waals surface area contributed by atoms with Crippen LogP contribution in [-0.4, -0.2) is 24.9 Å². The highest BCUT2D eigenvalue weighted by Gasteiger charge is 2.26. The molecular weight excluding hydrogens is 488 g/mol. The van der Waals surface area contributed by atoms with Gasteiger partial charge in [-0.3, -0.25) is 20.1 Å². The molecule has 3 aromatic heterocycles. The van der Waals surface area contributed by atoms with Crippen LogP contribution in [0.15, 0.2) is 71.6 Å². The fourth-order valence-corrected chi connectivity index (χ4v) is 3.92. The first-order valence-electron chi connectivity index (χ1n) is 9.85. The molecule has 0 aliphatic rings. The van der Waals surface area contributed by atoms with E-state index >= 15 is 0 Å².